The lowest BCUT2D eigenvalue weighted by Gasteiger charge is -2.17. The zero-order chi connectivity index (χ0) is 18.6. The van der Waals surface area contributed by atoms with Gasteiger partial charge < -0.3 is 15.4 Å². The lowest BCUT2D eigenvalue weighted by molar-refractivity contribution is -0.116. The lowest BCUT2D eigenvalue weighted by atomic mass is 9.99. The van der Waals surface area contributed by atoms with Crippen LogP contribution in [0, 0.1) is 0 Å². The largest absolute Gasteiger partial charge is 0.376 e. The normalized spacial score (nSPS) is 18.8. The molecule has 1 amide bonds. The molecule has 27 heavy (non-hydrogen) atoms. The Balaban J connectivity index is 1.29. The van der Waals surface area contributed by atoms with Crippen LogP contribution in [0.2, 0.25) is 0 Å². The van der Waals surface area contributed by atoms with Crippen molar-refractivity contribution in [1.29, 1.82) is 0 Å². The standard InChI is InChI=1S/C18H20N4O3S2/c23-15(12-3-5-14-11(8-12)4-6-16(24)20-14)10-26-18-22-21-17(27-18)19-9-13-2-1-7-25-13/h3,5,8,13H,1-2,4,6-7,9-10H2,(H,19,21)(H,20,24)/t13-/m1/s1. The molecule has 9 heteroatoms. The highest BCUT2D eigenvalue weighted by molar-refractivity contribution is 8.01. The van der Waals surface area contributed by atoms with E-state index in [0.717, 1.165) is 46.7 Å². The number of amides is 1. The van der Waals surface area contributed by atoms with Crippen LogP contribution in [0.3, 0.4) is 0 Å². The molecule has 2 aliphatic heterocycles. The highest BCUT2D eigenvalue weighted by Gasteiger charge is 2.18. The maximum Gasteiger partial charge on any atom is 0.224 e. The summed E-state index contributed by atoms with van der Waals surface area (Å²) in [6, 6.07) is 5.46. The van der Waals surface area contributed by atoms with Gasteiger partial charge in [-0.15, -0.1) is 10.2 Å². The van der Waals surface area contributed by atoms with Crippen LogP contribution >= 0.6 is 23.1 Å². The van der Waals surface area contributed by atoms with Gasteiger partial charge in [0.1, 0.15) is 0 Å². The van der Waals surface area contributed by atoms with Crippen molar-refractivity contribution in [3.8, 4) is 0 Å². The summed E-state index contributed by atoms with van der Waals surface area (Å²) in [5.74, 6) is 0.381. The highest BCUT2D eigenvalue weighted by atomic mass is 32.2. The van der Waals surface area contributed by atoms with E-state index in [1.165, 1.54) is 23.1 Å². The van der Waals surface area contributed by atoms with Crippen molar-refractivity contribution >= 4 is 45.6 Å². The Bertz CT molecular complexity index is 849. The number of nitrogens with zero attached hydrogens (tertiary/aromatic N) is 2. The number of carbonyl (C=O) groups excluding carboxylic acids is 2. The summed E-state index contributed by atoms with van der Waals surface area (Å²) in [6.45, 7) is 1.57. The number of aryl methyl sites for hydroxylation is 1. The van der Waals surface area contributed by atoms with E-state index in [1.807, 2.05) is 12.1 Å². The van der Waals surface area contributed by atoms with Gasteiger partial charge >= 0.3 is 0 Å². The van der Waals surface area contributed by atoms with Crippen LogP contribution in [0.15, 0.2) is 22.5 Å². The van der Waals surface area contributed by atoms with Crippen molar-refractivity contribution in [3.05, 3.63) is 29.3 Å². The second kappa shape index (κ2) is 8.37. The van der Waals surface area contributed by atoms with E-state index < -0.39 is 0 Å². The Kier molecular flexibility index (Phi) is 5.70. The van der Waals surface area contributed by atoms with Crippen molar-refractivity contribution in [2.75, 3.05) is 29.5 Å². The number of benzene rings is 1. The van der Waals surface area contributed by atoms with Crippen molar-refractivity contribution < 1.29 is 14.3 Å². The first-order valence-corrected chi connectivity index (χ1v) is 10.8. The van der Waals surface area contributed by atoms with Gasteiger partial charge in [0.05, 0.1) is 11.9 Å². The Morgan fingerprint density at radius 3 is 3.15 bits per heavy atom. The van der Waals surface area contributed by atoms with Crippen LogP contribution in [0.4, 0.5) is 10.8 Å². The SMILES string of the molecule is O=C1CCc2cc(C(=O)CSc3nnc(NC[C@H]4CCCO4)s3)ccc2N1. The van der Waals surface area contributed by atoms with E-state index in [0.29, 0.717) is 24.2 Å². The molecule has 7 nitrogen and oxygen atoms in total. The minimum atomic E-state index is 0.0253. The van der Waals surface area contributed by atoms with Gasteiger partial charge in [-0.2, -0.15) is 0 Å². The number of aromatic nitrogens is 2. The molecule has 1 atom stereocenters. The molecule has 0 spiro atoms. The summed E-state index contributed by atoms with van der Waals surface area (Å²) in [4.78, 5) is 23.9. The van der Waals surface area contributed by atoms with Gasteiger partial charge in [-0.1, -0.05) is 23.1 Å². The molecular formula is C18H20N4O3S2. The fraction of sp³-hybridized carbons (Fsp3) is 0.444. The summed E-state index contributed by atoms with van der Waals surface area (Å²) in [7, 11) is 0. The van der Waals surface area contributed by atoms with Gasteiger partial charge in [-0.3, -0.25) is 9.59 Å². The minimum Gasteiger partial charge on any atom is -0.376 e. The van der Waals surface area contributed by atoms with Crippen LogP contribution in [0.5, 0.6) is 0 Å². The Morgan fingerprint density at radius 1 is 1.37 bits per heavy atom. The van der Waals surface area contributed by atoms with Gasteiger partial charge in [-0.05, 0) is 43.0 Å². The fourth-order valence-corrected chi connectivity index (χ4v) is 4.77. The maximum absolute atomic E-state index is 12.5. The topological polar surface area (TPSA) is 93.2 Å². The molecule has 1 fully saturated rings. The van der Waals surface area contributed by atoms with E-state index >= 15 is 0 Å². The number of fused-ring (bicyclic) bond motifs is 1. The Morgan fingerprint density at radius 2 is 2.30 bits per heavy atom. The first kappa shape index (κ1) is 18.4. The summed E-state index contributed by atoms with van der Waals surface area (Å²) in [5, 5.41) is 15.1. The summed E-state index contributed by atoms with van der Waals surface area (Å²) >= 11 is 2.85. The number of hydrogen-bond acceptors (Lipinski definition) is 8. The van der Waals surface area contributed by atoms with E-state index in [1.54, 1.807) is 6.07 Å². The van der Waals surface area contributed by atoms with Crippen LogP contribution in [-0.4, -0.2) is 46.9 Å². The van der Waals surface area contributed by atoms with Gasteiger partial charge in [0.2, 0.25) is 11.0 Å². The molecule has 0 aliphatic carbocycles. The third-order valence-corrected chi connectivity index (χ3v) is 6.58. The Hall–Kier alpha value is -1.97. The van der Waals surface area contributed by atoms with Gasteiger partial charge in [0, 0.05) is 30.8 Å². The van der Waals surface area contributed by atoms with Crippen molar-refractivity contribution in [2.45, 2.75) is 36.1 Å². The molecule has 0 radical (unpaired) electrons. The molecule has 4 rings (SSSR count). The number of Topliss-reactive ketones (excluding diaryl/α,β-unsaturated/α-hetero) is 1. The molecule has 2 aliphatic rings. The summed E-state index contributed by atoms with van der Waals surface area (Å²) < 4.78 is 6.34. The molecule has 0 unspecified atom stereocenters. The second-order valence-corrected chi connectivity index (χ2v) is 8.72. The van der Waals surface area contributed by atoms with Crippen LogP contribution in [0.25, 0.3) is 0 Å². The molecule has 1 aromatic heterocycles. The lowest BCUT2D eigenvalue weighted by Crippen LogP contribution is -2.19. The van der Waals surface area contributed by atoms with Gasteiger partial charge in [-0.25, -0.2) is 0 Å². The maximum atomic E-state index is 12.5. The molecule has 2 N–H and O–H groups in total. The third-order valence-electron chi connectivity index (χ3n) is 4.56. The molecule has 0 saturated carbocycles. The van der Waals surface area contributed by atoms with Crippen molar-refractivity contribution in [3.63, 3.8) is 0 Å². The number of rotatable bonds is 7. The van der Waals surface area contributed by atoms with Gasteiger partial charge in [0.15, 0.2) is 10.1 Å². The summed E-state index contributed by atoms with van der Waals surface area (Å²) in [5.41, 5.74) is 2.49. The smallest absolute Gasteiger partial charge is 0.224 e. The van der Waals surface area contributed by atoms with Crippen LogP contribution in [-0.2, 0) is 16.0 Å². The highest BCUT2D eigenvalue weighted by Crippen LogP contribution is 2.28. The molecule has 1 saturated heterocycles. The van der Waals surface area contributed by atoms with E-state index in [9.17, 15) is 9.59 Å². The number of ether oxygens (including phenoxy) is 1. The van der Waals surface area contributed by atoms with E-state index in [-0.39, 0.29) is 17.8 Å². The molecule has 142 valence electrons. The first-order valence-electron chi connectivity index (χ1n) is 8.95. The molecule has 3 heterocycles. The number of ketones is 1. The predicted octanol–water partition coefficient (Wildman–Crippen LogP) is 2.99. The van der Waals surface area contributed by atoms with Gasteiger partial charge in [0.25, 0.3) is 0 Å². The molecule has 2 aromatic rings. The average molecular weight is 405 g/mol. The third kappa shape index (κ3) is 4.66. The Labute approximate surface area is 165 Å². The minimum absolute atomic E-state index is 0.0253. The molecule has 0 bridgehead atoms. The number of carbonyl (C=O) groups is 2. The molecular weight excluding hydrogens is 384 g/mol. The van der Waals surface area contributed by atoms with Crippen molar-refractivity contribution in [1.82, 2.24) is 10.2 Å². The number of hydrogen-bond donors (Lipinski definition) is 2. The second-order valence-electron chi connectivity index (χ2n) is 6.52. The number of anilines is 2. The number of thioether (sulfide) groups is 1. The fourth-order valence-electron chi connectivity index (χ4n) is 3.11. The quantitative estimate of drug-likeness (QED) is 0.541. The van der Waals surface area contributed by atoms with Crippen LogP contribution < -0.4 is 10.6 Å². The number of nitrogens with one attached hydrogen (secondary N) is 2. The van der Waals surface area contributed by atoms with Crippen molar-refractivity contribution in [2.24, 2.45) is 0 Å². The zero-order valence-electron chi connectivity index (χ0n) is 14.7. The van der Waals surface area contributed by atoms with E-state index in [2.05, 4.69) is 20.8 Å². The predicted molar refractivity (Wildman–Crippen MR) is 106 cm³/mol. The zero-order valence-corrected chi connectivity index (χ0v) is 16.3. The monoisotopic (exact) mass is 404 g/mol. The summed E-state index contributed by atoms with van der Waals surface area (Å²) in [6.07, 6.45) is 3.57. The first-order chi connectivity index (χ1) is 13.2. The molecule has 1 aromatic carbocycles. The van der Waals surface area contributed by atoms with E-state index in [4.69, 9.17) is 4.74 Å². The average Bonchev–Trinajstić information content (AvgIpc) is 3.35. The van der Waals surface area contributed by atoms with Crippen LogP contribution in [0.1, 0.15) is 35.2 Å².